The molecule has 1 heteroatoms. The van der Waals surface area contributed by atoms with Crippen LogP contribution >= 0.6 is 11.6 Å². The molecule has 0 atom stereocenters. The van der Waals surface area contributed by atoms with Crippen molar-refractivity contribution >= 4 is 11.6 Å². The minimum Gasteiger partial charge on any atom is -0.0837 e. The van der Waals surface area contributed by atoms with Gasteiger partial charge in [0.25, 0.3) is 0 Å². The van der Waals surface area contributed by atoms with Gasteiger partial charge in [0.2, 0.25) is 0 Å². The van der Waals surface area contributed by atoms with E-state index >= 15 is 0 Å². The second-order valence-electron chi connectivity index (χ2n) is 3.18. The zero-order valence-electron chi connectivity index (χ0n) is 7.70. The van der Waals surface area contributed by atoms with Crippen molar-refractivity contribution in [2.75, 3.05) is 0 Å². The van der Waals surface area contributed by atoms with Crippen LogP contribution in [0.15, 0.2) is 48.5 Å². The summed E-state index contributed by atoms with van der Waals surface area (Å²) in [6.45, 7) is 3.84. The molecule has 0 heterocycles. The smallest absolute Gasteiger partial charge is 0.0484 e. The maximum Gasteiger partial charge on any atom is 0.0484 e. The third-order valence-electron chi connectivity index (χ3n) is 2.14. The molecule has 0 aromatic heterocycles. The fourth-order valence-corrected chi connectivity index (χ4v) is 1.62. The molecule has 2 aromatic carbocycles. The molecule has 0 unspecified atom stereocenters. The average molecular weight is 202 g/mol. The third kappa shape index (κ3) is 1.80. The summed E-state index contributed by atoms with van der Waals surface area (Å²) >= 11 is 6.08. The molecular formula is C13H10Cl. The Balaban J connectivity index is 2.50. The van der Waals surface area contributed by atoms with E-state index in [1.807, 2.05) is 48.5 Å². The van der Waals surface area contributed by atoms with Crippen molar-refractivity contribution in [2.45, 2.75) is 0 Å². The molecule has 0 saturated carbocycles. The summed E-state index contributed by atoms with van der Waals surface area (Å²) in [6.07, 6.45) is 0. The minimum atomic E-state index is 0.782. The SMILES string of the molecule is [CH2]c1ccc(-c2ccccc2Cl)cc1. The molecule has 69 valence electrons. The van der Waals surface area contributed by atoms with Gasteiger partial charge in [0.05, 0.1) is 0 Å². The average Bonchev–Trinajstić information content (AvgIpc) is 2.20. The van der Waals surface area contributed by atoms with Gasteiger partial charge in [0.15, 0.2) is 0 Å². The van der Waals surface area contributed by atoms with Crippen LogP contribution in [0.1, 0.15) is 5.56 Å². The minimum absolute atomic E-state index is 0.782. The highest BCUT2D eigenvalue weighted by Crippen LogP contribution is 2.27. The fourth-order valence-electron chi connectivity index (χ4n) is 1.38. The summed E-state index contributed by atoms with van der Waals surface area (Å²) in [4.78, 5) is 0. The van der Waals surface area contributed by atoms with Crippen molar-refractivity contribution in [1.29, 1.82) is 0 Å². The van der Waals surface area contributed by atoms with E-state index in [4.69, 9.17) is 11.6 Å². The highest BCUT2D eigenvalue weighted by Gasteiger charge is 2.00. The van der Waals surface area contributed by atoms with Gasteiger partial charge in [-0.2, -0.15) is 0 Å². The number of halogens is 1. The second kappa shape index (κ2) is 3.85. The van der Waals surface area contributed by atoms with E-state index < -0.39 is 0 Å². The van der Waals surface area contributed by atoms with Gasteiger partial charge in [-0.3, -0.25) is 0 Å². The quantitative estimate of drug-likeness (QED) is 0.649. The summed E-state index contributed by atoms with van der Waals surface area (Å²) < 4.78 is 0. The molecule has 0 N–H and O–H groups in total. The van der Waals surface area contributed by atoms with Gasteiger partial charge in [0, 0.05) is 10.6 Å². The highest BCUT2D eigenvalue weighted by atomic mass is 35.5. The summed E-state index contributed by atoms with van der Waals surface area (Å²) in [6, 6.07) is 15.9. The third-order valence-corrected chi connectivity index (χ3v) is 2.47. The Morgan fingerprint density at radius 3 is 2.14 bits per heavy atom. The van der Waals surface area contributed by atoms with Crippen molar-refractivity contribution in [3.05, 3.63) is 66.0 Å². The van der Waals surface area contributed by atoms with Crippen LogP contribution in [0.4, 0.5) is 0 Å². The molecule has 0 amide bonds. The van der Waals surface area contributed by atoms with Crippen molar-refractivity contribution < 1.29 is 0 Å². The summed E-state index contributed by atoms with van der Waals surface area (Å²) in [5.41, 5.74) is 3.21. The van der Waals surface area contributed by atoms with Crippen molar-refractivity contribution in [1.82, 2.24) is 0 Å². The lowest BCUT2D eigenvalue weighted by molar-refractivity contribution is 1.58. The molecule has 0 aliphatic rings. The first-order valence-electron chi connectivity index (χ1n) is 4.44. The lowest BCUT2D eigenvalue weighted by atomic mass is 10.0. The molecule has 0 saturated heterocycles. The van der Waals surface area contributed by atoms with Crippen LogP contribution in [0.3, 0.4) is 0 Å². The van der Waals surface area contributed by atoms with Crippen LogP contribution < -0.4 is 0 Å². The summed E-state index contributed by atoms with van der Waals surface area (Å²) in [7, 11) is 0. The molecule has 1 radical (unpaired) electrons. The molecule has 14 heavy (non-hydrogen) atoms. The van der Waals surface area contributed by atoms with Crippen LogP contribution in [0.2, 0.25) is 5.02 Å². The van der Waals surface area contributed by atoms with Gasteiger partial charge >= 0.3 is 0 Å². The predicted octanol–water partition coefficient (Wildman–Crippen LogP) is 4.19. The molecule has 0 aliphatic heterocycles. The largest absolute Gasteiger partial charge is 0.0837 e. The van der Waals surface area contributed by atoms with Crippen LogP contribution in [0.5, 0.6) is 0 Å². The first kappa shape index (κ1) is 9.29. The van der Waals surface area contributed by atoms with Crippen LogP contribution in [-0.2, 0) is 0 Å². The van der Waals surface area contributed by atoms with E-state index in [1.54, 1.807) is 0 Å². The fraction of sp³-hybridized carbons (Fsp3) is 0. The molecule has 0 spiro atoms. The lowest BCUT2D eigenvalue weighted by Crippen LogP contribution is -1.79. The van der Waals surface area contributed by atoms with Crippen LogP contribution in [-0.4, -0.2) is 0 Å². The number of hydrogen-bond donors (Lipinski definition) is 0. The number of benzene rings is 2. The predicted molar refractivity (Wildman–Crippen MR) is 61.3 cm³/mol. The number of hydrogen-bond acceptors (Lipinski definition) is 0. The van der Waals surface area contributed by atoms with E-state index in [1.165, 1.54) is 0 Å². The van der Waals surface area contributed by atoms with Crippen molar-refractivity contribution in [3.63, 3.8) is 0 Å². The Bertz CT molecular complexity index is 429. The Morgan fingerprint density at radius 1 is 0.857 bits per heavy atom. The summed E-state index contributed by atoms with van der Waals surface area (Å²) in [5.74, 6) is 0. The Morgan fingerprint density at radius 2 is 1.50 bits per heavy atom. The molecular weight excluding hydrogens is 192 g/mol. The topological polar surface area (TPSA) is 0 Å². The van der Waals surface area contributed by atoms with Gasteiger partial charge in [0.1, 0.15) is 0 Å². The standard InChI is InChI=1S/C13H10Cl/c1-10-6-8-11(9-7-10)12-4-2-3-5-13(12)14/h2-9H,1H2. The molecule has 0 aliphatic carbocycles. The molecule has 0 bridgehead atoms. The van der Waals surface area contributed by atoms with Crippen LogP contribution in [0.25, 0.3) is 11.1 Å². The number of rotatable bonds is 1. The second-order valence-corrected chi connectivity index (χ2v) is 3.58. The first-order chi connectivity index (χ1) is 6.77. The van der Waals surface area contributed by atoms with E-state index in [9.17, 15) is 0 Å². The van der Waals surface area contributed by atoms with Crippen molar-refractivity contribution in [2.24, 2.45) is 0 Å². The Kier molecular flexibility index (Phi) is 2.55. The monoisotopic (exact) mass is 201 g/mol. The van der Waals surface area contributed by atoms with Gasteiger partial charge in [-0.15, -0.1) is 0 Å². The van der Waals surface area contributed by atoms with E-state index in [0.717, 1.165) is 21.7 Å². The van der Waals surface area contributed by atoms with Crippen LogP contribution in [0, 0.1) is 6.92 Å². The van der Waals surface area contributed by atoms with E-state index in [0.29, 0.717) is 0 Å². The molecule has 0 fully saturated rings. The van der Waals surface area contributed by atoms with Crippen molar-refractivity contribution in [3.8, 4) is 11.1 Å². The van der Waals surface area contributed by atoms with E-state index in [-0.39, 0.29) is 0 Å². The molecule has 2 rings (SSSR count). The highest BCUT2D eigenvalue weighted by molar-refractivity contribution is 6.33. The zero-order chi connectivity index (χ0) is 9.97. The Hall–Kier alpha value is -1.27. The van der Waals surface area contributed by atoms with Gasteiger partial charge in [-0.25, -0.2) is 0 Å². The lowest BCUT2D eigenvalue weighted by Gasteiger charge is -2.03. The van der Waals surface area contributed by atoms with Gasteiger partial charge in [-0.05, 0) is 24.1 Å². The maximum absolute atomic E-state index is 6.08. The zero-order valence-corrected chi connectivity index (χ0v) is 8.46. The summed E-state index contributed by atoms with van der Waals surface area (Å²) in [5, 5.41) is 0.782. The Labute approximate surface area is 89.2 Å². The van der Waals surface area contributed by atoms with Gasteiger partial charge < -0.3 is 0 Å². The van der Waals surface area contributed by atoms with E-state index in [2.05, 4.69) is 6.92 Å². The normalized spacial score (nSPS) is 10.1. The van der Waals surface area contributed by atoms with Gasteiger partial charge in [-0.1, -0.05) is 54.1 Å². The molecule has 0 nitrogen and oxygen atoms in total. The first-order valence-corrected chi connectivity index (χ1v) is 4.82. The molecule has 2 aromatic rings. The maximum atomic E-state index is 6.08.